The summed E-state index contributed by atoms with van der Waals surface area (Å²) < 4.78 is 41.5. The molecular formula is C14H23F3IN5O. The summed E-state index contributed by atoms with van der Waals surface area (Å²) in [6, 6.07) is 1.83. The highest BCUT2D eigenvalue weighted by Gasteiger charge is 2.26. The van der Waals surface area contributed by atoms with Gasteiger partial charge in [0.05, 0.1) is 18.7 Å². The molecule has 1 fully saturated rings. The van der Waals surface area contributed by atoms with Crippen molar-refractivity contribution < 1.29 is 17.7 Å². The second-order valence-corrected chi connectivity index (χ2v) is 5.35. The zero-order valence-corrected chi connectivity index (χ0v) is 15.9. The SMILES string of the molecule is CCNC(=NCCC(F)(F)F)N1CCN(Cc2ccon2)CC1.I. The first kappa shape index (κ1) is 21.0. The Balaban J connectivity index is 0.00000288. The Morgan fingerprint density at radius 3 is 2.58 bits per heavy atom. The number of halogens is 4. The van der Waals surface area contributed by atoms with Crippen molar-refractivity contribution in [1.29, 1.82) is 0 Å². The molecule has 1 aromatic heterocycles. The Morgan fingerprint density at radius 2 is 2.04 bits per heavy atom. The summed E-state index contributed by atoms with van der Waals surface area (Å²) in [5.41, 5.74) is 0.879. The fraction of sp³-hybridized carbons (Fsp3) is 0.714. The van der Waals surface area contributed by atoms with Crippen LogP contribution in [0.15, 0.2) is 21.8 Å². The number of aromatic nitrogens is 1. The largest absolute Gasteiger partial charge is 0.390 e. The van der Waals surface area contributed by atoms with E-state index in [1.807, 2.05) is 17.9 Å². The predicted octanol–water partition coefficient (Wildman–Crippen LogP) is 2.33. The van der Waals surface area contributed by atoms with E-state index in [1.54, 1.807) is 6.26 Å². The van der Waals surface area contributed by atoms with Crippen LogP contribution in [-0.4, -0.2) is 66.4 Å². The van der Waals surface area contributed by atoms with Gasteiger partial charge in [0.1, 0.15) is 6.26 Å². The van der Waals surface area contributed by atoms with E-state index in [-0.39, 0.29) is 30.5 Å². The molecule has 1 aliphatic heterocycles. The lowest BCUT2D eigenvalue weighted by Crippen LogP contribution is -2.52. The zero-order valence-electron chi connectivity index (χ0n) is 13.6. The quantitative estimate of drug-likeness (QED) is 0.415. The van der Waals surface area contributed by atoms with Gasteiger partial charge in [-0.15, -0.1) is 24.0 Å². The van der Waals surface area contributed by atoms with Gasteiger partial charge in [0, 0.05) is 45.3 Å². The molecule has 24 heavy (non-hydrogen) atoms. The van der Waals surface area contributed by atoms with Crippen molar-refractivity contribution in [3.63, 3.8) is 0 Å². The van der Waals surface area contributed by atoms with Gasteiger partial charge in [0.15, 0.2) is 5.96 Å². The minimum absolute atomic E-state index is 0. The standard InChI is InChI=1S/C14H22F3N5O.HI/c1-2-18-13(19-5-4-14(15,16)17)22-8-6-21(7-9-22)11-12-3-10-23-20-12;/h3,10H,2,4-9,11H2,1H3,(H,18,19);1H. The van der Waals surface area contributed by atoms with Crippen molar-refractivity contribution >= 4 is 29.9 Å². The third-order valence-corrected chi connectivity index (χ3v) is 3.54. The number of aliphatic imine (C=N–C) groups is 1. The number of nitrogens with zero attached hydrogens (tertiary/aromatic N) is 4. The number of nitrogens with one attached hydrogen (secondary N) is 1. The Kier molecular flexibility index (Phi) is 8.81. The smallest absolute Gasteiger partial charge is 0.364 e. The van der Waals surface area contributed by atoms with Crippen LogP contribution < -0.4 is 5.32 Å². The molecule has 0 bridgehead atoms. The molecule has 0 atom stereocenters. The molecule has 0 spiro atoms. The van der Waals surface area contributed by atoms with Crippen molar-refractivity contribution in [3.8, 4) is 0 Å². The van der Waals surface area contributed by atoms with Gasteiger partial charge in [0.25, 0.3) is 0 Å². The first-order chi connectivity index (χ1) is 11.0. The molecule has 0 saturated carbocycles. The van der Waals surface area contributed by atoms with Crippen molar-refractivity contribution in [3.05, 3.63) is 18.0 Å². The van der Waals surface area contributed by atoms with Gasteiger partial charge < -0.3 is 14.7 Å². The summed E-state index contributed by atoms with van der Waals surface area (Å²) >= 11 is 0. The fourth-order valence-electron chi connectivity index (χ4n) is 2.38. The summed E-state index contributed by atoms with van der Waals surface area (Å²) in [7, 11) is 0. The number of hydrogen-bond acceptors (Lipinski definition) is 4. The lowest BCUT2D eigenvalue weighted by Gasteiger charge is -2.36. The molecular weight excluding hydrogens is 438 g/mol. The van der Waals surface area contributed by atoms with Gasteiger partial charge in [-0.25, -0.2) is 0 Å². The van der Waals surface area contributed by atoms with Gasteiger partial charge in [-0.3, -0.25) is 9.89 Å². The van der Waals surface area contributed by atoms with Crippen LogP contribution in [0.2, 0.25) is 0 Å². The van der Waals surface area contributed by atoms with E-state index >= 15 is 0 Å². The number of guanidine groups is 1. The summed E-state index contributed by atoms with van der Waals surface area (Å²) in [6.45, 7) is 6.04. The summed E-state index contributed by atoms with van der Waals surface area (Å²) in [6.07, 6.45) is -3.52. The maximum absolute atomic E-state index is 12.2. The molecule has 0 amide bonds. The topological polar surface area (TPSA) is 56.9 Å². The first-order valence-electron chi connectivity index (χ1n) is 7.69. The Bertz CT molecular complexity index is 487. The van der Waals surface area contributed by atoms with Crippen LogP contribution in [0, 0.1) is 0 Å². The Labute approximate surface area is 156 Å². The molecule has 2 rings (SSSR count). The first-order valence-corrected chi connectivity index (χ1v) is 7.69. The van der Waals surface area contributed by atoms with E-state index in [4.69, 9.17) is 4.52 Å². The second kappa shape index (κ2) is 10.1. The summed E-state index contributed by atoms with van der Waals surface area (Å²) in [5, 5.41) is 6.95. The number of rotatable bonds is 5. The lowest BCUT2D eigenvalue weighted by molar-refractivity contribution is -0.132. The molecule has 1 saturated heterocycles. The van der Waals surface area contributed by atoms with E-state index in [1.165, 1.54) is 0 Å². The van der Waals surface area contributed by atoms with Gasteiger partial charge >= 0.3 is 6.18 Å². The number of alkyl halides is 3. The monoisotopic (exact) mass is 461 g/mol. The average Bonchev–Trinajstić information content (AvgIpc) is 2.99. The molecule has 10 heteroatoms. The number of piperazine rings is 1. The highest BCUT2D eigenvalue weighted by Crippen LogP contribution is 2.19. The third kappa shape index (κ3) is 7.24. The summed E-state index contributed by atoms with van der Waals surface area (Å²) in [5.74, 6) is 0.554. The highest BCUT2D eigenvalue weighted by molar-refractivity contribution is 14.0. The van der Waals surface area contributed by atoms with Crippen molar-refractivity contribution in [1.82, 2.24) is 20.3 Å². The van der Waals surface area contributed by atoms with Crippen LogP contribution in [0.4, 0.5) is 13.2 Å². The lowest BCUT2D eigenvalue weighted by atomic mass is 10.3. The van der Waals surface area contributed by atoms with Crippen molar-refractivity contribution in [2.24, 2.45) is 4.99 Å². The third-order valence-electron chi connectivity index (χ3n) is 3.54. The maximum atomic E-state index is 12.2. The fourth-order valence-corrected chi connectivity index (χ4v) is 2.38. The van der Waals surface area contributed by atoms with Crippen molar-refractivity contribution in [2.45, 2.75) is 26.1 Å². The zero-order chi connectivity index (χ0) is 16.7. The minimum atomic E-state index is -4.17. The van der Waals surface area contributed by atoms with E-state index in [0.717, 1.165) is 31.9 Å². The van der Waals surface area contributed by atoms with Crippen LogP contribution in [-0.2, 0) is 6.54 Å². The predicted molar refractivity (Wildman–Crippen MR) is 95.4 cm³/mol. The highest BCUT2D eigenvalue weighted by atomic mass is 127. The normalized spacial score (nSPS) is 16.8. The molecule has 0 unspecified atom stereocenters. The molecule has 2 heterocycles. The Morgan fingerprint density at radius 1 is 1.33 bits per heavy atom. The van der Waals surface area contributed by atoms with E-state index in [0.29, 0.717) is 19.0 Å². The minimum Gasteiger partial charge on any atom is -0.364 e. The van der Waals surface area contributed by atoms with Crippen LogP contribution in [0.1, 0.15) is 19.0 Å². The van der Waals surface area contributed by atoms with Crippen LogP contribution in [0.5, 0.6) is 0 Å². The molecule has 6 nitrogen and oxygen atoms in total. The van der Waals surface area contributed by atoms with E-state index in [2.05, 4.69) is 20.4 Å². The molecule has 1 aromatic rings. The molecule has 0 aromatic carbocycles. The van der Waals surface area contributed by atoms with Gasteiger partial charge in [-0.1, -0.05) is 5.16 Å². The van der Waals surface area contributed by atoms with Crippen LogP contribution in [0.25, 0.3) is 0 Å². The molecule has 1 N–H and O–H groups in total. The van der Waals surface area contributed by atoms with Crippen LogP contribution >= 0.6 is 24.0 Å². The van der Waals surface area contributed by atoms with E-state index in [9.17, 15) is 13.2 Å². The molecule has 138 valence electrons. The molecule has 1 aliphatic rings. The van der Waals surface area contributed by atoms with Gasteiger partial charge in [-0.2, -0.15) is 13.2 Å². The van der Waals surface area contributed by atoms with Crippen molar-refractivity contribution in [2.75, 3.05) is 39.3 Å². The number of hydrogen-bond donors (Lipinski definition) is 1. The molecule has 0 radical (unpaired) electrons. The van der Waals surface area contributed by atoms with Crippen LogP contribution in [0.3, 0.4) is 0 Å². The Hall–Kier alpha value is -1.04. The van der Waals surface area contributed by atoms with Gasteiger partial charge in [0.2, 0.25) is 0 Å². The summed E-state index contributed by atoms with van der Waals surface area (Å²) in [4.78, 5) is 8.32. The molecule has 0 aliphatic carbocycles. The van der Waals surface area contributed by atoms with E-state index < -0.39 is 12.6 Å². The second-order valence-electron chi connectivity index (χ2n) is 5.35. The maximum Gasteiger partial charge on any atom is 0.390 e. The average molecular weight is 461 g/mol. The van der Waals surface area contributed by atoms with Gasteiger partial charge in [-0.05, 0) is 6.92 Å².